The lowest BCUT2D eigenvalue weighted by atomic mass is 10.1. The molecular formula is C19H25N3. The van der Waals surface area contributed by atoms with Crippen LogP contribution >= 0.6 is 0 Å². The van der Waals surface area contributed by atoms with Gasteiger partial charge in [-0.15, -0.1) is 0 Å². The molecule has 0 spiro atoms. The van der Waals surface area contributed by atoms with Crippen LogP contribution in [0.25, 0.3) is 0 Å². The van der Waals surface area contributed by atoms with Crippen LogP contribution in [0.1, 0.15) is 11.1 Å². The highest BCUT2D eigenvalue weighted by Gasteiger charge is 2.17. The quantitative estimate of drug-likeness (QED) is 0.883. The summed E-state index contributed by atoms with van der Waals surface area (Å²) in [5, 5.41) is 8.46. The number of rotatable bonds is 6. The van der Waals surface area contributed by atoms with Crippen LogP contribution in [0.5, 0.6) is 0 Å². The molecule has 0 bridgehead atoms. The Bertz CT molecular complexity index is 535. The summed E-state index contributed by atoms with van der Waals surface area (Å²) in [6, 6.07) is 21.6. The minimum absolute atomic E-state index is 0.994. The van der Waals surface area contributed by atoms with Crippen LogP contribution in [0.3, 0.4) is 0 Å². The lowest BCUT2D eigenvalue weighted by Gasteiger charge is -2.38. The molecule has 0 aromatic heterocycles. The van der Waals surface area contributed by atoms with Crippen molar-refractivity contribution in [1.82, 2.24) is 15.3 Å². The molecule has 1 aliphatic heterocycles. The van der Waals surface area contributed by atoms with E-state index in [1.807, 2.05) is 0 Å². The van der Waals surface area contributed by atoms with Gasteiger partial charge in [0.05, 0.1) is 0 Å². The van der Waals surface area contributed by atoms with Gasteiger partial charge < -0.3 is 5.32 Å². The van der Waals surface area contributed by atoms with Crippen LogP contribution in [-0.4, -0.2) is 42.7 Å². The van der Waals surface area contributed by atoms with Gasteiger partial charge in [-0.2, -0.15) is 0 Å². The highest BCUT2D eigenvalue weighted by molar-refractivity contribution is 5.16. The number of hydrogen-bond donors (Lipinski definition) is 1. The second-order valence-electron chi connectivity index (χ2n) is 5.81. The first-order valence-corrected chi connectivity index (χ1v) is 8.20. The predicted molar refractivity (Wildman–Crippen MR) is 91.4 cm³/mol. The molecule has 0 radical (unpaired) electrons. The number of nitrogens with zero attached hydrogens (tertiary/aromatic N) is 2. The van der Waals surface area contributed by atoms with Gasteiger partial charge in [0, 0.05) is 39.3 Å². The van der Waals surface area contributed by atoms with Crippen molar-refractivity contribution in [3.05, 3.63) is 71.8 Å². The summed E-state index contributed by atoms with van der Waals surface area (Å²) in [5.41, 5.74) is 2.80. The Balaban J connectivity index is 1.65. The van der Waals surface area contributed by atoms with Crippen molar-refractivity contribution in [2.75, 3.05) is 32.7 Å². The highest BCUT2D eigenvalue weighted by atomic mass is 15.6. The van der Waals surface area contributed by atoms with E-state index in [1.54, 1.807) is 0 Å². The lowest BCUT2D eigenvalue weighted by Crippen LogP contribution is -2.52. The molecule has 0 unspecified atom stereocenters. The molecule has 116 valence electrons. The van der Waals surface area contributed by atoms with E-state index in [9.17, 15) is 0 Å². The van der Waals surface area contributed by atoms with Crippen molar-refractivity contribution in [3.63, 3.8) is 0 Å². The first-order valence-electron chi connectivity index (χ1n) is 8.20. The Kier molecular flexibility index (Phi) is 5.59. The maximum absolute atomic E-state index is 3.44. The molecule has 0 aliphatic carbocycles. The van der Waals surface area contributed by atoms with Crippen molar-refractivity contribution in [2.24, 2.45) is 0 Å². The van der Waals surface area contributed by atoms with E-state index in [2.05, 4.69) is 76.0 Å². The Labute approximate surface area is 133 Å². The van der Waals surface area contributed by atoms with Gasteiger partial charge in [0.25, 0.3) is 0 Å². The fraction of sp³-hybridized carbons (Fsp3) is 0.368. The van der Waals surface area contributed by atoms with Gasteiger partial charge in [0.1, 0.15) is 0 Å². The Hall–Kier alpha value is -1.68. The fourth-order valence-corrected chi connectivity index (χ4v) is 2.95. The van der Waals surface area contributed by atoms with Crippen molar-refractivity contribution in [1.29, 1.82) is 0 Å². The van der Waals surface area contributed by atoms with E-state index in [-0.39, 0.29) is 0 Å². The van der Waals surface area contributed by atoms with Crippen LogP contribution in [-0.2, 0) is 13.0 Å². The monoisotopic (exact) mass is 295 g/mol. The SMILES string of the molecule is c1ccc(CCN(Cc2ccccc2)N2CCNCC2)cc1. The molecule has 1 N–H and O–H groups in total. The third-order valence-corrected chi connectivity index (χ3v) is 4.20. The standard InChI is InChI=1S/C19H25N3/c1-3-7-18(8-4-1)11-14-22(21-15-12-20-13-16-21)17-19-9-5-2-6-10-19/h1-10,20H,11-17H2. The summed E-state index contributed by atoms with van der Waals surface area (Å²) in [6.45, 7) is 6.42. The summed E-state index contributed by atoms with van der Waals surface area (Å²) >= 11 is 0. The number of benzene rings is 2. The third kappa shape index (κ3) is 4.41. The molecule has 3 nitrogen and oxygen atoms in total. The van der Waals surface area contributed by atoms with Crippen molar-refractivity contribution < 1.29 is 0 Å². The van der Waals surface area contributed by atoms with E-state index < -0.39 is 0 Å². The molecule has 0 saturated carbocycles. The average Bonchev–Trinajstić information content (AvgIpc) is 2.61. The van der Waals surface area contributed by atoms with Crippen molar-refractivity contribution >= 4 is 0 Å². The number of hydrogen-bond acceptors (Lipinski definition) is 3. The largest absolute Gasteiger partial charge is 0.314 e. The minimum atomic E-state index is 0.994. The molecule has 3 heteroatoms. The summed E-state index contributed by atoms with van der Waals surface area (Å²) in [6.07, 6.45) is 1.09. The normalized spacial score (nSPS) is 16.0. The van der Waals surface area contributed by atoms with Crippen LogP contribution < -0.4 is 5.32 Å². The maximum Gasteiger partial charge on any atom is 0.0384 e. The minimum Gasteiger partial charge on any atom is -0.314 e. The molecular weight excluding hydrogens is 270 g/mol. The van der Waals surface area contributed by atoms with Gasteiger partial charge in [0.2, 0.25) is 0 Å². The summed E-state index contributed by atoms with van der Waals surface area (Å²) in [4.78, 5) is 0. The summed E-state index contributed by atoms with van der Waals surface area (Å²) in [7, 11) is 0. The molecule has 2 aromatic carbocycles. The Morgan fingerprint density at radius 1 is 0.818 bits per heavy atom. The zero-order chi connectivity index (χ0) is 15.0. The first kappa shape index (κ1) is 15.2. The molecule has 1 heterocycles. The second kappa shape index (κ2) is 8.08. The zero-order valence-electron chi connectivity index (χ0n) is 13.1. The van der Waals surface area contributed by atoms with Gasteiger partial charge in [0.15, 0.2) is 0 Å². The van der Waals surface area contributed by atoms with Gasteiger partial charge >= 0.3 is 0 Å². The first-order chi connectivity index (χ1) is 10.9. The van der Waals surface area contributed by atoms with Gasteiger partial charge in [-0.05, 0) is 17.5 Å². The van der Waals surface area contributed by atoms with E-state index >= 15 is 0 Å². The molecule has 2 aromatic rings. The number of hydrazine groups is 1. The molecule has 1 aliphatic rings. The van der Waals surface area contributed by atoms with Crippen LogP contribution in [0.4, 0.5) is 0 Å². The van der Waals surface area contributed by atoms with E-state index in [0.29, 0.717) is 0 Å². The predicted octanol–water partition coefficient (Wildman–Crippen LogP) is 2.55. The summed E-state index contributed by atoms with van der Waals surface area (Å²) < 4.78 is 0. The third-order valence-electron chi connectivity index (χ3n) is 4.20. The second-order valence-corrected chi connectivity index (χ2v) is 5.81. The number of nitrogens with one attached hydrogen (secondary N) is 1. The maximum atomic E-state index is 3.44. The Morgan fingerprint density at radius 2 is 1.41 bits per heavy atom. The zero-order valence-corrected chi connectivity index (χ0v) is 13.1. The van der Waals surface area contributed by atoms with Crippen molar-refractivity contribution in [2.45, 2.75) is 13.0 Å². The van der Waals surface area contributed by atoms with E-state index in [0.717, 1.165) is 45.7 Å². The van der Waals surface area contributed by atoms with E-state index in [1.165, 1.54) is 11.1 Å². The van der Waals surface area contributed by atoms with E-state index in [4.69, 9.17) is 0 Å². The van der Waals surface area contributed by atoms with Gasteiger partial charge in [-0.1, -0.05) is 60.7 Å². The fourth-order valence-electron chi connectivity index (χ4n) is 2.95. The molecule has 22 heavy (non-hydrogen) atoms. The Morgan fingerprint density at radius 3 is 2.05 bits per heavy atom. The van der Waals surface area contributed by atoms with Crippen LogP contribution in [0.2, 0.25) is 0 Å². The summed E-state index contributed by atoms with van der Waals surface area (Å²) in [5.74, 6) is 0. The van der Waals surface area contributed by atoms with Gasteiger partial charge in [-0.3, -0.25) is 0 Å². The lowest BCUT2D eigenvalue weighted by molar-refractivity contribution is -0.0407. The van der Waals surface area contributed by atoms with Crippen molar-refractivity contribution in [3.8, 4) is 0 Å². The van der Waals surface area contributed by atoms with Crippen LogP contribution in [0, 0.1) is 0 Å². The number of piperazine rings is 1. The molecule has 1 fully saturated rings. The van der Waals surface area contributed by atoms with Gasteiger partial charge in [-0.25, -0.2) is 10.0 Å². The molecule has 0 atom stereocenters. The average molecular weight is 295 g/mol. The van der Waals surface area contributed by atoms with Crippen LogP contribution in [0.15, 0.2) is 60.7 Å². The topological polar surface area (TPSA) is 18.5 Å². The molecule has 3 rings (SSSR count). The highest BCUT2D eigenvalue weighted by Crippen LogP contribution is 2.11. The molecule has 1 saturated heterocycles. The smallest absolute Gasteiger partial charge is 0.0384 e. The molecule has 0 amide bonds.